The Balaban J connectivity index is 2.04. The second-order valence-electron chi connectivity index (χ2n) is 7.55. The summed E-state index contributed by atoms with van der Waals surface area (Å²) in [4.78, 5) is 24.3. The van der Waals surface area contributed by atoms with Crippen molar-refractivity contribution in [1.29, 1.82) is 0 Å². The minimum Gasteiger partial charge on any atom is -0.461 e. The molecule has 1 fully saturated rings. The number of fused-ring (bicyclic) bond motifs is 3. The first-order valence-corrected chi connectivity index (χ1v) is 8.47. The maximum Gasteiger partial charge on any atom is 0.334 e. The van der Waals surface area contributed by atoms with E-state index in [-0.39, 0.29) is 23.9 Å². The molecule has 0 aliphatic carbocycles. The molecule has 0 aromatic heterocycles. The number of aliphatic hydroxyl groups is 1. The van der Waals surface area contributed by atoms with Gasteiger partial charge in [-0.25, -0.2) is 4.79 Å². The SMILES string of the molecule is C=C1C(=O)OC2/C=C(/C)[C@@]3(O)C=C[C@@](C)(CC(OC(=O)C(C)C)C12)O3. The molecule has 0 spiro atoms. The summed E-state index contributed by atoms with van der Waals surface area (Å²) in [7, 11) is 0. The lowest BCUT2D eigenvalue weighted by molar-refractivity contribution is -0.190. The molecule has 6 heteroatoms. The van der Waals surface area contributed by atoms with E-state index < -0.39 is 35.5 Å². The quantitative estimate of drug-likeness (QED) is 0.467. The first kappa shape index (κ1) is 17.9. The third-order valence-electron chi connectivity index (χ3n) is 5.04. The van der Waals surface area contributed by atoms with E-state index in [1.54, 1.807) is 39.0 Å². The summed E-state index contributed by atoms with van der Waals surface area (Å²) in [6.45, 7) is 10.9. The second-order valence-corrected chi connectivity index (χ2v) is 7.55. The summed E-state index contributed by atoms with van der Waals surface area (Å²) in [6.07, 6.45) is 3.96. The van der Waals surface area contributed by atoms with Crippen molar-refractivity contribution in [2.24, 2.45) is 11.8 Å². The van der Waals surface area contributed by atoms with Crippen LogP contribution in [0.5, 0.6) is 0 Å². The van der Waals surface area contributed by atoms with Crippen LogP contribution in [-0.4, -0.2) is 40.6 Å². The van der Waals surface area contributed by atoms with Gasteiger partial charge >= 0.3 is 11.9 Å². The number of esters is 2. The fourth-order valence-electron chi connectivity index (χ4n) is 3.51. The minimum atomic E-state index is -1.56. The highest BCUT2D eigenvalue weighted by molar-refractivity contribution is 5.91. The summed E-state index contributed by atoms with van der Waals surface area (Å²) >= 11 is 0. The second kappa shape index (κ2) is 5.81. The van der Waals surface area contributed by atoms with E-state index in [9.17, 15) is 14.7 Å². The molecule has 0 aromatic rings. The molecule has 25 heavy (non-hydrogen) atoms. The van der Waals surface area contributed by atoms with Crippen LogP contribution in [0.2, 0.25) is 0 Å². The molecule has 2 bridgehead atoms. The Morgan fingerprint density at radius 3 is 2.76 bits per heavy atom. The van der Waals surface area contributed by atoms with Gasteiger partial charge in [-0.05, 0) is 31.6 Å². The Morgan fingerprint density at radius 1 is 1.44 bits per heavy atom. The Kier molecular flexibility index (Phi) is 4.16. The lowest BCUT2D eigenvalue weighted by atomic mass is 9.83. The van der Waals surface area contributed by atoms with Crippen molar-refractivity contribution >= 4 is 11.9 Å². The van der Waals surface area contributed by atoms with Gasteiger partial charge in [-0.1, -0.05) is 26.5 Å². The van der Waals surface area contributed by atoms with Crippen molar-refractivity contribution in [3.8, 4) is 0 Å². The van der Waals surface area contributed by atoms with Crippen molar-refractivity contribution in [1.82, 2.24) is 0 Å². The van der Waals surface area contributed by atoms with Gasteiger partial charge in [0, 0.05) is 12.0 Å². The van der Waals surface area contributed by atoms with E-state index in [1.807, 2.05) is 6.92 Å². The van der Waals surface area contributed by atoms with Crippen LogP contribution in [0.25, 0.3) is 0 Å². The van der Waals surface area contributed by atoms with E-state index in [0.29, 0.717) is 5.57 Å². The summed E-state index contributed by atoms with van der Waals surface area (Å²) in [5.74, 6) is -3.26. The zero-order valence-corrected chi connectivity index (χ0v) is 14.9. The fourth-order valence-corrected chi connectivity index (χ4v) is 3.51. The third kappa shape index (κ3) is 3.04. The van der Waals surface area contributed by atoms with Gasteiger partial charge in [-0.2, -0.15) is 0 Å². The predicted molar refractivity (Wildman–Crippen MR) is 89.2 cm³/mol. The van der Waals surface area contributed by atoms with Gasteiger partial charge < -0.3 is 19.3 Å². The summed E-state index contributed by atoms with van der Waals surface area (Å²) < 4.78 is 17.0. The largest absolute Gasteiger partial charge is 0.461 e. The summed E-state index contributed by atoms with van der Waals surface area (Å²) in [5, 5.41) is 10.7. The van der Waals surface area contributed by atoms with Gasteiger partial charge in [-0.3, -0.25) is 4.79 Å². The predicted octanol–water partition coefficient (Wildman–Crippen LogP) is 2.04. The van der Waals surface area contributed by atoms with Crippen molar-refractivity contribution in [3.05, 3.63) is 36.0 Å². The highest BCUT2D eigenvalue weighted by atomic mass is 16.6. The number of hydrogen-bond donors (Lipinski definition) is 1. The number of ether oxygens (including phenoxy) is 3. The number of rotatable bonds is 2. The van der Waals surface area contributed by atoms with Crippen molar-refractivity contribution in [2.75, 3.05) is 0 Å². The molecule has 0 saturated carbocycles. The lowest BCUT2D eigenvalue weighted by Gasteiger charge is -2.33. The van der Waals surface area contributed by atoms with Gasteiger partial charge in [0.05, 0.1) is 17.4 Å². The van der Waals surface area contributed by atoms with Gasteiger partial charge in [0.25, 0.3) is 0 Å². The molecule has 3 unspecified atom stereocenters. The molecule has 1 saturated heterocycles. The van der Waals surface area contributed by atoms with Gasteiger partial charge in [-0.15, -0.1) is 0 Å². The lowest BCUT2D eigenvalue weighted by Crippen LogP contribution is -2.41. The molecule has 3 heterocycles. The van der Waals surface area contributed by atoms with Crippen molar-refractivity contribution in [3.63, 3.8) is 0 Å². The van der Waals surface area contributed by atoms with E-state index in [0.717, 1.165) is 0 Å². The Morgan fingerprint density at radius 2 is 2.12 bits per heavy atom. The molecule has 1 N–H and O–H groups in total. The summed E-state index contributed by atoms with van der Waals surface area (Å²) in [5.41, 5.74) is -0.0548. The molecule has 0 amide bonds. The molecule has 0 aromatic carbocycles. The smallest absolute Gasteiger partial charge is 0.334 e. The van der Waals surface area contributed by atoms with E-state index in [1.165, 1.54) is 0 Å². The molecule has 0 radical (unpaired) electrons. The van der Waals surface area contributed by atoms with Crippen LogP contribution in [-0.2, 0) is 23.8 Å². The zero-order chi connectivity index (χ0) is 18.6. The molecule has 136 valence electrons. The molecule has 3 aliphatic heterocycles. The maximum atomic E-state index is 12.2. The molecular weight excluding hydrogens is 324 g/mol. The van der Waals surface area contributed by atoms with Crippen LogP contribution in [0.1, 0.15) is 34.1 Å². The molecule has 3 rings (SSSR count). The molecular formula is C19H24O6. The first-order valence-electron chi connectivity index (χ1n) is 8.47. The van der Waals surface area contributed by atoms with Crippen LogP contribution >= 0.6 is 0 Å². The third-order valence-corrected chi connectivity index (χ3v) is 5.04. The highest BCUT2D eigenvalue weighted by Gasteiger charge is 2.52. The number of carbonyl (C=O) groups excluding carboxylic acids is 2. The van der Waals surface area contributed by atoms with Gasteiger partial charge in [0.1, 0.15) is 12.2 Å². The Labute approximate surface area is 147 Å². The summed E-state index contributed by atoms with van der Waals surface area (Å²) in [6, 6.07) is 0. The molecule has 5 atom stereocenters. The van der Waals surface area contributed by atoms with E-state index in [2.05, 4.69) is 6.58 Å². The number of carbonyl (C=O) groups is 2. The van der Waals surface area contributed by atoms with Gasteiger partial charge in [0.15, 0.2) is 0 Å². The Hall–Kier alpha value is -1.92. The average molecular weight is 348 g/mol. The molecule has 3 aliphatic rings. The van der Waals surface area contributed by atoms with Crippen molar-refractivity contribution in [2.45, 2.75) is 57.7 Å². The maximum absolute atomic E-state index is 12.2. The van der Waals surface area contributed by atoms with Crippen LogP contribution in [0, 0.1) is 11.8 Å². The monoisotopic (exact) mass is 348 g/mol. The van der Waals surface area contributed by atoms with Crippen molar-refractivity contribution < 1.29 is 28.9 Å². The minimum absolute atomic E-state index is 0.271. The zero-order valence-electron chi connectivity index (χ0n) is 14.9. The average Bonchev–Trinajstić information content (AvgIpc) is 2.97. The first-order chi connectivity index (χ1) is 11.5. The standard InChI is InChI=1S/C19H24O6/c1-10(2)16(20)24-14-9-18(5)6-7-19(22,25-18)11(3)8-13-15(14)12(4)17(21)23-13/h6-8,10,13-15,22H,4,9H2,1-3,5H3/b11-8-/t13?,14?,15?,18-,19+/m0/s1. The van der Waals surface area contributed by atoms with Gasteiger partial charge in [0.2, 0.25) is 5.79 Å². The van der Waals surface area contributed by atoms with Crippen LogP contribution in [0.4, 0.5) is 0 Å². The topological polar surface area (TPSA) is 82.1 Å². The Bertz CT molecular complexity index is 690. The van der Waals surface area contributed by atoms with Crippen LogP contribution < -0.4 is 0 Å². The van der Waals surface area contributed by atoms with E-state index >= 15 is 0 Å². The van der Waals surface area contributed by atoms with Crippen LogP contribution in [0.15, 0.2) is 36.0 Å². The fraction of sp³-hybridized carbons (Fsp3) is 0.579. The molecule has 6 nitrogen and oxygen atoms in total. The normalized spacial score (nSPS) is 42.2. The van der Waals surface area contributed by atoms with E-state index in [4.69, 9.17) is 14.2 Å². The van der Waals surface area contributed by atoms with Crippen LogP contribution in [0.3, 0.4) is 0 Å². The highest BCUT2D eigenvalue weighted by Crippen LogP contribution is 2.44. The number of hydrogen-bond acceptors (Lipinski definition) is 6.